The van der Waals surface area contributed by atoms with Crippen LogP contribution in [0.1, 0.15) is 5.56 Å². The maximum absolute atomic E-state index is 12.6. The number of carbonyl (C=O) groups excluding carboxylic acids is 1. The van der Waals surface area contributed by atoms with Crippen molar-refractivity contribution in [3.8, 4) is 0 Å². The number of carbonyl (C=O) groups is 1. The minimum Gasteiger partial charge on any atom is -0.341 e. The number of hydrogen-bond donors (Lipinski definition) is 2. The molecule has 3 nitrogen and oxygen atoms in total. The molecular weight excluding hydrogens is 349 g/mol. The first-order valence-corrected chi connectivity index (χ1v) is 7.62. The zero-order valence-electron chi connectivity index (χ0n) is 11.9. The number of benzene rings is 2. The third-order valence-electron chi connectivity index (χ3n) is 2.83. The molecule has 2 rings (SSSR count). The zero-order chi connectivity index (χ0) is 17.0. The van der Waals surface area contributed by atoms with E-state index < -0.39 is 11.7 Å². The van der Waals surface area contributed by atoms with Gasteiger partial charge in [0, 0.05) is 22.5 Å². The number of amides is 2. The lowest BCUT2D eigenvalue weighted by Crippen LogP contribution is -2.24. The largest absolute Gasteiger partial charge is 0.416 e. The minimum atomic E-state index is -4.42. The maximum Gasteiger partial charge on any atom is 0.416 e. The summed E-state index contributed by atoms with van der Waals surface area (Å²) < 4.78 is 37.8. The molecule has 0 unspecified atom stereocenters. The number of halogens is 4. The number of hydrogen-bond acceptors (Lipinski definition) is 2. The van der Waals surface area contributed by atoms with Crippen molar-refractivity contribution in [1.29, 1.82) is 0 Å². The topological polar surface area (TPSA) is 41.1 Å². The van der Waals surface area contributed by atoms with Gasteiger partial charge in [0.15, 0.2) is 0 Å². The predicted octanol–water partition coefficient (Wildman–Crippen LogP) is 5.26. The maximum atomic E-state index is 12.6. The highest BCUT2D eigenvalue weighted by Gasteiger charge is 2.30. The molecule has 23 heavy (non-hydrogen) atoms. The van der Waals surface area contributed by atoms with Gasteiger partial charge in [0.1, 0.15) is 0 Å². The van der Waals surface area contributed by atoms with Crippen LogP contribution in [0.5, 0.6) is 0 Å². The van der Waals surface area contributed by atoms with E-state index in [0.29, 0.717) is 10.6 Å². The van der Waals surface area contributed by atoms with Gasteiger partial charge in [-0.25, -0.2) is 4.79 Å². The van der Waals surface area contributed by atoms with Crippen molar-refractivity contribution in [3.05, 3.63) is 53.1 Å². The first-order valence-electron chi connectivity index (χ1n) is 6.43. The van der Waals surface area contributed by atoms with Gasteiger partial charge < -0.3 is 10.6 Å². The lowest BCUT2D eigenvalue weighted by molar-refractivity contribution is -0.137. The second-order valence-electron chi connectivity index (χ2n) is 4.47. The van der Waals surface area contributed by atoms with Crippen LogP contribution < -0.4 is 10.6 Å². The Morgan fingerprint density at radius 3 is 2.30 bits per heavy atom. The fourth-order valence-corrected chi connectivity index (χ4v) is 2.80. The van der Waals surface area contributed by atoms with Gasteiger partial charge in [-0.2, -0.15) is 13.2 Å². The molecular formula is C15H12ClF3N2OS. The summed E-state index contributed by atoms with van der Waals surface area (Å²) in [6, 6.07) is 9.77. The van der Waals surface area contributed by atoms with Crippen LogP contribution in [0.3, 0.4) is 0 Å². The third kappa shape index (κ3) is 4.80. The smallest absolute Gasteiger partial charge is 0.341 e. The van der Waals surface area contributed by atoms with E-state index in [0.717, 1.165) is 17.0 Å². The number of urea groups is 1. The summed E-state index contributed by atoms with van der Waals surface area (Å²) in [6.45, 7) is 0. The standard InChI is InChI=1S/C15H12ClF3N2OS/c1-20-14(22)21-10-3-5-11(6-4-10)23-13-7-2-9(8-12(13)16)15(17,18)19/h2-8H,1H3,(H2,20,21,22). The molecule has 0 saturated heterocycles. The summed E-state index contributed by atoms with van der Waals surface area (Å²) >= 11 is 7.16. The number of anilines is 1. The van der Waals surface area contributed by atoms with E-state index in [9.17, 15) is 18.0 Å². The first-order chi connectivity index (χ1) is 10.8. The highest BCUT2D eigenvalue weighted by Crippen LogP contribution is 2.38. The molecule has 0 spiro atoms. The van der Waals surface area contributed by atoms with E-state index in [1.165, 1.54) is 24.9 Å². The van der Waals surface area contributed by atoms with E-state index in [2.05, 4.69) is 10.6 Å². The minimum absolute atomic E-state index is 0.0392. The Kier molecular flexibility index (Phi) is 5.43. The van der Waals surface area contributed by atoms with Crippen molar-refractivity contribution in [2.75, 3.05) is 12.4 Å². The predicted molar refractivity (Wildman–Crippen MR) is 85.1 cm³/mol. The normalized spacial score (nSPS) is 11.2. The molecule has 0 heterocycles. The van der Waals surface area contributed by atoms with E-state index >= 15 is 0 Å². The monoisotopic (exact) mass is 360 g/mol. The van der Waals surface area contributed by atoms with E-state index in [1.54, 1.807) is 24.3 Å². The van der Waals surface area contributed by atoms with Crippen molar-refractivity contribution < 1.29 is 18.0 Å². The summed E-state index contributed by atoms with van der Waals surface area (Å²) in [5.41, 5.74) is -0.177. The molecule has 0 aromatic heterocycles. The van der Waals surface area contributed by atoms with Gasteiger partial charge in [0.2, 0.25) is 0 Å². The molecule has 2 aromatic rings. The quantitative estimate of drug-likeness (QED) is 0.783. The molecule has 122 valence electrons. The van der Waals surface area contributed by atoms with Crippen molar-refractivity contribution in [1.82, 2.24) is 5.32 Å². The van der Waals surface area contributed by atoms with Gasteiger partial charge in [-0.3, -0.25) is 0 Å². The average Bonchev–Trinajstić information content (AvgIpc) is 2.50. The van der Waals surface area contributed by atoms with Gasteiger partial charge in [-0.1, -0.05) is 23.4 Å². The van der Waals surface area contributed by atoms with Crippen LogP contribution in [0.2, 0.25) is 5.02 Å². The fraction of sp³-hybridized carbons (Fsp3) is 0.133. The highest BCUT2D eigenvalue weighted by molar-refractivity contribution is 7.99. The van der Waals surface area contributed by atoms with Crippen LogP contribution in [0, 0.1) is 0 Å². The molecule has 0 aliphatic carbocycles. The van der Waals surface area contributed by atoms with Crippen molar-refractivity contribution >= 4 is 35.1 Å². The Balaban J connectivity index is 2.12. The van der Waals surface area contributed by atoms with E-state index in [1.807, 2.05) is 0 Å². The summed E-state index contributed by atoms with van der Waals surface area (Å²) in [7, 11) is 1.51. The van der Waals surface area contributed by atoms with Gasteiger partial charge >= 0.3 is 12.2 Å². The summed E-state index contributed by atoms with van der Waals surface area (Å²) in [4.78, 5) is 12.5. The number of nitrogens with one attached hydrogen (secondary N) is 2. The van der Waals surface area contributed by atoms with Gasteiger partial charge in [-0.15, -0.1) is 0 Å². The zero-order valence-corrected chi connectivity index (χ0v) is 13.4. The summed E-state index contributed by atoms with van der Waals surface area (Å²) in [6.07, 6.45) is -4.42. The van der Waals surface area contributed by atoms with Crippen LogP contribution in [-0.2, 0) is 6.18 Å². The SMILES string of the molecule is CNC(=O)Nc1ccc(Sc2ccc(C(F)(F)F)cc2Cl)cc1. The van der Waals surface area contributed by atoms with Gasteiger partial charge in [0.05, 0.1) is 10.6 Å². The molecule has 0 radical (unpaired) electrons. The molecule has 0 saturated carbocycles. The first kappa shape index (κ1) is 17.5. The van der Waals surface area contributed by atoms with Crippen LogP contribution >= 0.6 is 23.4 Å². The third-order valence-corrected chi connectivity index (χ3v) is 4.33. The van der Waals surface area contributed by atoms with Crippen LogP contribution in [0.4, 0.5) is 23.7 Å². The number of alkyl halides is 3. The molecule has 0 bridgehead atoms. The molecule has 2 aromatic carbocycles. The Morgan fingerprint density at radius 1 is 1.13 bits per heavy atom. The highest BCUT2D eigenvalue weighted by atomic mass is 35.5. The summed E-state index contributed by atoms with van der Waals surface area (Å²) in [5.74, 6) is 0. The lowest BCUT2D eigenvalue weighted by Gasteiger charge is -2.10. The fourth-order valence-electron chi connectivity index (χ4n) is 1.69. The Morgan fingerprint density at radius 2 is 1.78 bits per heavy atom. The van der Waals surface area contributed by atoms with E-state index in [4.69, 9.17) is 11.6 Å². The molecule has 0 aliphatic heterocycles. The Hall–Kier alpha value is -1.86. The molecule has 2 N–H and O–H groups in total. The van der Waals surface area contributed by atoms with Gasteiger partial charge in [-0.05, 0) is 42.5 Å². The Bertz CT molecular complexity index is 705. The Labute approximate surface area is 140 Å². The van der Waals surface area contributed by atoms with Crippen LogP contribution in [-0.4, -0.2) is 13.1 Å². The van der Waals surface area contributed by atoms with Gasteiger partial charge in [0.25, 0.3) is 0 Å². The molecule has 0 fully saturated rings. The van der Waals surface area contributed by atoms with Crippen LogP contribution in [0.15, 0.2) is 52.3 Å². The van der Waals surface area contributed by atoms with Crippen molar-refractivity contribution in [3.63, 3.8) is 0 Å². The van der Waals surface area contributed by atoms with E-state index in [-0.39, 0.29) is 11.1 Å². The van der Waals surface area contributed by atoms with Crippen molar-refractivity contribution in [2.45, 2.75) is 16.0 Å². The molecule has 0 aliphatic rings. The second kappa shape index (κ2) is 7.14. The van der Waals surface area contributed by atoms with Crippen molar-refractivity contribution in [2.24, 2.45) is 0 Å². The molecule has 0 atom stereocenters. The lowest BCUT2D eigenvalue weighted by atomic mass is 10.2. The molecule has 8 heteroatoms. The summed E-state index contributed by atoms with van der Waals surface area (Å²) in [5, 5.41) is 5.08. The molecule has 2 amide bonds. The number of rotatable bonds is 3. The average molecular weight is 361 g/mol. The van der Waals surface area contributed by atoms with Crippen LogP contribution in [0.25, 0.3) is 0 Å². The second-order valence-corrected chi connectivity index (χ2v) is 6.00.